The van der Waals surface area contributed by atoms with Crippen LogP contribution in [-0.4, -0.2) is 92.1 Å². The van der Waals surface area contributed by atoms with E-state index in [2.05, 4.69) is 126 Å². The number of hydrogen-bond donors (Lipinski definition) is 13. The lowest BCUT2D eigenvalue weighted by Gasteiger charge is -2.04. The van der Waals surface area contributed by atoms with Crippen molar-refractivity contribution in [3.05, 3.63) is 298 Å². The fourth-order valence-electron chi connectivity index (χ4n) is 11.3. The molecule has 0 radical (unpaired) electrons. The summed E-state index contributed by atoms with van der Waals surface area (Å²) >= 11 is 3.16. The molecule has 0 bridgehead atoms. The highest BCUT2D eigenvalue weighted by Gasteiger charge is 2.20. The van der Waals surface area contributed by atoms with E-state index in [0.29, 0.717) is 34.5 Å². The van der Waals surface area contributed by atoms with E-state index in [1.807, 2.05) is 192 Å². The highest BCUT2D eigenvalue weighted by Crippen LogP contribution is 2.30. The predicted octanol–water partition coefficient (Wildman–Crippen LogP) is 11.7. The lowest BCUT2D eigenvalue weighted by Crippen LogP contribution is -2.27. The fraction of sp³-hybridized carbons (Fsp3) is 0.0132. The first-order valence-corrected chi connectivity index (χ1v) is 35.1. The van der Waals surface area contributed by atoms with Gasteiger partial charge in [0.25, 0.3) is 28.8 Å². The number of anilines is 7. The minimum absolute atomic E-state index is 0.0635. The number of ether oxygens (including phenoxy) is 2. The van der Waals surface area contributed by atoms with Gasteiger partial charge in [0.15, 0.2) is 5.03 Å². The molecular weight excluding hydrogens is 1410 g/mol. The van der Waals surface area contributed by atoms with Gasteiger partial charge in [-0.1, -0.05) is 56.8 Å². The van der Waals surface area contributed by atoms with Crippen molar-refractivity contribution in [2.75, 3.05) is 27.0 Å². The molecule has 2 amide bonds. The van der Waals surface area contributed by atoms with Crippen molar-refractivity contribution < 1.29 is 41.6 Å². The summed E-state index contributed by atoms with van der Waals surface area (Å²) in [7, 11) is 0. The maximum absolute atomic E-state index is 12.1. The highest BCUT2D eigenvalue weighted by atomic mass is 32.2. The van der Waals surface area contributed by atoms with Gasteiger partial charge < -0.3 is 35.5 Å². The summed E-state index contributed by atoms with van der Waals surface area (Å²) in [6, 6.07) is 61.3. The number of rotatable bonds is 15. The van der Waals surface area contributed by atoms with Crippen LogP contribution in [0.4, 0.5) is 39.9 Å². The second-order valence-electron chi connectivity index (χ2n) is 23.6. The summed E-state index contributed by atoms with van der Waals surface area (Å²) in [6.07, 6.45) is 27.1. The number of nitrogens with two attached hydrogens (primary N) is 1. The number of nitrogens with zero attached hydrogens (tertiary/aromatic N) is 13. The normalized spacial score (nSPS) is 11.0. The number of aromatic nitrogens is 21. The Balaban J connectivity index is 0.000000103. The van der Waals surface area contributed by atoms with Gasteiger partial charge in [-0.2, -0.15) is 0 Å². The van der Waals surface area contributed by atoms with Crippen molar-refractivity contribution >= 4 is 136 Å². The van der Waals surface area contributed by atoms with Crippen molar-refractivity contribution in [3.8, 4) is 23.3 Å². The summed E-state index contributed by atoms with van der Waals surface area (Å²) in [5.74, 6) is 4.79. The van der Waals surface area contributed by atoms with E-state index in [1.54, 1.807) is 105 Å². The summed E-state index contributed by atoms with van der Waals surface area (Å²) < 4.78 is 20.9. The number of nitrogens with one attached hydrogen (secondary N) is 12. The van der Waals surface area contributed by atoms with Crippen LogP contribution in [0.5, 0.6) is 23.3 Å². The Kier molecular flexibility index (Phi) is 19.4. The molecule has 15 heterocycles. The Morgan fingerprint density at radius 2 is 0.963 bits per heavy atom. The van der Waals surface area contributed by atoms with E-state index in [4.69, 9.17) is 15.2 Å². The van der Waals surface area contributed by atoms with Crippen LogP contribution in [-0.2, 0) is 11.2 Å². The molecule has 528 valence electrons. The van der Waals surface area contributed by atoms with Crippen LogP contribution < -0.4 is 59.1 Å². The molecule has 0 spiro atoms. The first-order valence-electron chi connectivity index (χ1n) is 33.5. The van der Waals surface area contributed by atoms with Crippen molar-refractivity contribution in [1.29, 1.82) is 0 Å². The van der Waals surface area contributed by atoms with Gasteiger partial charge in [0.05, 0.1) is 49.1 Å². The number of carbonyl (C=O) groups excluding carboxylic acids is 2. The van der Waals surface area contributed by atoms with E-state index in [-0.39, 0.29) is 24.2 Å². The number of para-hydroxylation sites is 1. The van der Waals surface area contributed by atoms with Crippen LogP contribution in [0.2, 0.25) is 0 Å². The van der Waals surface area contributed by atoms with Crippen molar-refractivity contribution in [3.63, 3.8) is 0 Å². The molecule has 0 aliphatic carbocycles. The largest absolute Gasteiger partial charge is 0.421 e. The number of H-pyrrole nitrogens is 8. The van der Waals surface area contributed by atoms with E-state index in [0.717, 1.165) is 93.8 Å². The molecule has 0 aliphatic heterocycles. The zero-order chi connectivity index (χ0) is 73.0. The third kappa shape index (κ3) is 15.9. The molecule has 30 nitrogen and oxygen atoms in total. The minimum atomic E-state index is -0.251. The molecule has 108 heavy (non-hydrogen) atoms. The van der Waals surface area contributed by atoms with Gasteiger partial charge >= 0.3 is 28.7 Å². The molecule has 14 N–H and O–H groups in total. The van der Waals surface area contributed by atoms with Gasteiger partial charge in [0.2, 0.25) is 22.8 Å². The summed E-state index contributed by atoms with van der Waals surface area (Å²) in [4.78, 5) is 69.7. The number of amides is 2. The first kappa shape index (κ1) is 67.3. The molecule has 15 aromatic heterocycles. The van der Waals surface area contributed by atoms with Crippen molar-refractivity contribution in [2.45, 2.75) is 16.3 Å². The van der Waals surface area contributed by atoms with E-state index in [9.17, 15) is 9.59 Å². The Morgan fingerprint density at radius 3 is 1.60 bits per heavy atom. The molecule has 0 saturated heterocycles. The van der Waals surface area contributed by atoms with Gasteiger partial charge in [-0.3, -0.25) is 30.4 Å². The lowest BCUT2D eigenvalue weighted by molar-refractivity contribution is -0.619. The van der Waals surface area contributed by atoms with Crippen LogP contribution in [0.3, 0.4) is 0 Å². The number of hydrogen-bond acceptors (Lipinski definition) is 17. The maximum atomic E-state index is 12.1. The molecule has 5 aromatic carbocycles. The number of aromatic amines is 8. The Morgan fingerprint density at radius 1 is 0.444 bits per heavy atom. The van der Waals surface area contributed by atoms with E-state index >= 15 is 0 Å². The smallest absolute Gasteiger partial charge is 0.353 e. The zero-order valence-corrected chi connectivity index (χ0v) is 58.3. The molecule has 0 unspecified atom stereocenters. The second-order valence-corrected chi connectivity index (χ2v) is 25.8. The van der Waals surface area contributed by atoms with Gasteiger partial charge in [-0.15, -0.1) is 23.5 Å². The molecular formula is C76H63N26O4S2+5. The third-order valence-corrected chi connectivity index (χ3v) is 18.2. The second kappa shape index (κ2) is 31.2. The van der Waals surface area contributed by atoms with Crippen LogP contribution in [0.1, 0.15) is 15.2 Å². The van der Waals surface area contributed by atoms with Crippen LogP contribution in [0.15, 0.2) is 297 Å². The number of carbonyl (C=O) groups is 2. The minimum Gasteiger partial charge on any atom is -0.421 e. The standard InChI is InChI=1S/C17H13N7O.C17H14N6OS.C14H11N5O.C14H10N4O.C14H10N4S/c25-16(12-4-2-1-3-5-12)23-17-19-10-13(11-20-17)22-15-6-8-18-14-7-9-21-24(14)15;24-16(21-12-4-2-1-3-5-12)10-13-11-19-17(25-13)22-15-6-8-18-14-7-9-20-23(14)15;15-12-8-14(19-13(18-12)4-6-17-19)20-10-1-2-11-9(7-10)3-5-16-11;2*1-2-12-10(3-6-15-12)9-11(1)19-14-5-7-16-13-4-8-17-18(13)14/h1-11H,(H2,18,19,20,21,22,23,25);1-9,11H,10H2,(H2,18,19,20,21,22,24);1-8,16H,(H2,15,17,18);2*1-9,15H/p+5. The maximum Gasteiger partial charge on any atom is 0.353 e. The zero-order valence-electron chi connectivity index (χ0n) is 56.7. The van der Waals surface area contributed by atoms with Crippen LogP contribution >= 0.6 is 23.1 Å². The van der Waals surface area contributed by atoms with Crippen molar-refractivity contribution in [1.82, 2.24) is 80.3 Å². The van der Waals surface area contributed by atoms with Crippen LogP contribution in [0.25, 0.3) is 60.9 Å². The Labute approximate surface area is 618 Å². The van der Waals surface area contributed by atoms with Gasteiger partial charge in [0, 0.05) is 140 Å². The Hall–Kier alpha value is -15.2. The molecule has 20 rings (SSSR count). The quantitative estimate of drug-likeness (QED) is 0.0335. The summed E-state index contributed by atoms with van der Waals surface area (Å²) in [5.41, 5.74) is 15.2. The summed E-state index contributed by atoms with van der Waals surface area (Å²) in [6.45, 7) is 0. The molecule has 0 fully saturated rings. The molecule has 0 aliphatic rings. The summed E-state index contributed by atoms with van der Waals surface area (Å²) in [5, 5.41) is 32.7. The third-order valence-electron chi connectivity index (χ3n) is 16.3. The Bertz CT molecular complexity index is 6320. The van der Waals surface area contributed by atoms with Gasteiger partial charge in [-0.05, 0) is 124 Å². The van der Waals surface area contributed by atoms with E-state index in [1.165, 1.54) is 21.6 Å². The van der Waals surface area contributed by atoms with Crippen LogP contribution in [0, 0.1) is 0 Å². The highest BCUT2D eigenvalue weighted by molar-refractivity contribution is 7.99. The van der Waals surface area contributed by atoms with E-state index < -0.39 is 0 Å². The lowest BCUT2D eigenvalue weighted by atomic mass is 10.2. The topological polar surface area (TPSA) is 377 Å². The molecule has 32 heteroatoms. The number of benzene rings is 5. The molecule has 20 aromatic rings. The van der Waals surface area contributed by atoms with Gasteiger partial charge in [0.1, 0.15) is 42.0 Å². The number of nitrogen functional groups attached to an aromatic ring is 1. The van der Waals surface area contributed by atoms with Gasteiger partial charge in [-0.25, -0.2) is 35.6 Å². The molecule has 0 saturated carbocycles. The first-order chi connectivity index (χ1) is 53.2. The van der Waals surface area contributed by atoms with Crippen molar-refractivity contribution in [2.24, 2.45) is 0 Å². The average molecular weight is 1470 g/mol. The number of thiazole rings is 1. The SMILES string of the molecule is Nc1cc(Oc2ccc3[nH]ccc3c2)[n+]2[nH]ccc2n1.O=C(Cc1cnc(Nc2ccnc3cc[nH][n+]23)s1)Nc1ccccc1.O=C(Nc1ncc(Nc2ccnc3cc[nH][n+]23)cn1)c1ccccc1.c1cc(Oc2ccc3[nH]ccc3c2)[n+]2[nH]ccc2n1.c1cc(Sc2ccc3[nH]ccc3c2)[n+]2[nH]ccc2n1. The monoisotopic (exact) mass is 1470 g/mol. The molecule has 0 atom stereocenters. The predicted molar refractivity (Wildman–Crippen MR) is 406 cm³/mol. The fourth-order valence-corrected chi connectivity index (χ4v) is 13.1. The number of fused-ring (bicyclic) bond motifs is 8. The average Bonchev–Trinajstić information content (AvgIpc) is 1.61.